The van der Waals surface area contributed by atoms with Crippen LogP contribution in [0.25, 0.3) is 0 Å². The predicted octanol–water partition coefficient (Wildman–Crippen LogP) is 2.94. The van der Waals surface area contributed by atoms with E-state index in [1.54, 1.807) is 36.4 Å². The molecule has 0 radical (unpaired) electrons. The van der Waals surface area contributed by atoms with E-state index in [2.05, 4.69) is 5.32 Å². The van der Waals surface area contributed by atoms with E-state index in [-0.39, 0.29) is 23.8 Å². The summed E-state index contributed by atoms with van der Waals surface area (Å²) in [7, 11) is -3.29. The lowest BCUT2D eigenvalue weighted by atomic mass is 10.2. The van der Waals surface area contributed by atoms with Crippen LogP contribution in [0.5, 0.6) is 0 Å². The van der Waals surface area contributed by atoms with E-state index in [1.807, 2.05) is 25.1 Å². The Labute approximate surface area is 131 Å². The van der Waals surface area contributed by atoms with Gasteiger partial charge < -0.3 is 5.32 Å². The van der Waals surface area contributed by atoms with E-state index in [1.165, 1.54) is 0 Å². The summed E-state index contributed by atoms with van der Waals surface area (Å²) in [5.74, 6) is -0.480. The first kappa shape index (κ1) is 16.2. The molecule has 0 spiro atoms. The van der Waals surface area contributed by atoms with Crippen LogP contribution in [0.2, 0.25) is 0 Å². The molecule has 0 heterocycles. The normalized spacial score (nSPS) is 11.1. The molecule has 2 rings (SSSR count). The first-order valence-corrected chi connectivity index (χ1v) is 8.88. The highest BCUT2D eigenvalue weighted by Crippen LogP contribution is 2.10. The Balaban J connectivity index is 1.86. The average molecular weight is 317 g/mol. The van der Waals surface area contributed by atoms with Gasteiger partial charge in [-0.2, -0.15) is 0 Å². The zero-order valence-corrected chi connectivity index (χ0v) is 13.3. The summed E-state index contributed by atoms with van der Waals surface area (Å²) >= 11 is 0. The van der Waals surface area contributed by atoms with Crippen LogP contribution >= 0.6 is 0 Å². The van der Waals surface area contributed by atoms with E-state index in [4.69, 9.17) is 0 Å². The second-order valence-electron chi connectivity index (χ2n) is 5.24. The van der Waals surface area contributed by atoms with Crippen molar-refractivity contribution in [2.45, 2.75) is 19.1 Å². The molecule has 116 valence electrons. The molecule has 0 aliphatic rings. The molecule has 1 N–H and O–H groups in total. The number of amides is 1. The highest BCUT2D eigenvalue weighted by molar-refractivity contribution is 7.90. The summed E-state index contributed by atoms with van der Waals surface area (Å²) in [4.78, 5) is 11.8. The number of benzene rings is 2. The first-order chi connectivity index (χ1) is 10.4. The van der Waals surface area contributed by atoms with Crippen molar-refractivity contribution in [3.05, 3.63) is 65.7 Å². The summed E-state index contributed by atoms with van der Waals surface area (Å²) in [6.45, 7) is 1.96. The molecule has 2 aromatic rings. The van der Waals surface area contributed by atoms with Crippen LogP contribution in [0.15, 0.2) is 54.6 Å². The Bertz CT molecular complexity index is 722. The zero-order valence-electron chi connectivity index (χ0n) is 12.5. The number of sulfone groups is 1. The van der Waals surface area contributed by atoms with Crippen molar-refractivity contribution >= 4 is 21.4 Å². The highest BCUT2D eigenvalue weighted by Gasteiger charge is 2.14. The average Bonchev–Trinajstić information content (AvgIpc) is 2.48. The molecular formula is C17H19NO3S. The number of nitrogens with one attached hydrogen (secondary N) is 1. The van der Waals surface area contributed by atoms with Gasteiger partial charge in [0.05, 0.1) is 11.5 Å². The van der Waals surface area contributed by atoms with Crippen molar-refractivity contribution in [3.8, 4) is 0 Å². The van der Waals surface area contributed by atoms with Crippen LogP contribution in [0.1, 0.15) is 17.5 Å². The molecule has 22 heavy (non-hydrogen) atoms. The third-order valence-corrected chi connectivity index (χ3v) is 4.80. The third-order valence-electron chi connectivity index (χ3n) is 3.20. The quantitative estimate of drug-likeness (QED) is 0.891. The summed E-state index contributed by atoms with van der Waals surface area (Å²) in [6.07, 6.45) is -0.0386. The van der Waals surface area contributed by atoms with Gasteiger partial charge in [-0.05, 0) is 24.6 Å². The molecule has 0 atom stereocenters. The Kier molecular flexibility index (Phi) is 5.33. The van der Waals surface area contributed by atoms with E-state index < -0.39 is 9.84 Å². The summed E-state index contributed by atoms with van der Waals surface area (Å²) < 4.78 is 24.0. The monoisotopic (exact) mass is 317 g/mol. The molecule has 0 saturated carbocycles. The van der Waals surface area contributed by atoms with E-state index >= 15 is 0 Å². The lowest BCUT2D eigenvalue weighted by Gasteiger charge is -2.07. The van der Waals surface area contributed by atoms with E-state index in [9.17, 15) is 13.2 Å². The van der Waals surface area contributed by atoms with Crippen molar-refractivity contribution < 1.29 is 13.2 Å². The number of anilines is 1. The fraction of sp³-hybridized carbons (Fsp3) is 0.235. The second kappa shape index (κ2) is 7.22. The maximum atomic E-state index is 12.0. The first-order valence-electron chi connectivity index (χ1n) is 7.05. The van der Waals surface area contributed by atoms with Crippen LogP contribution in [-0.4, -0.2) is 20.1 Å². The van der Waals surface area contributed by atoms with Crippen molar-refractivity contribution in [2.24, 2.45) is 0 Å². The maximum absolute atomic E-state index is 12.0. The number of carbonyl (C=O) groups is 1. The Morgan fingerprint density at radius 1 is 1.00 bits per heavy atom. The van der Waals surface area contributed by atoms with Crippen molar-refractivity contribution in [3.63, 3.8) is 0 Å². The van der Waals surface area contributed by atoms with Gasteiger partial charge in [0, 0.05) is 12.1 Å². The molecule has 4 nitrogen and oxygen atoms in total. The number of rotatable bonds is 6. The molecule has 0 aromatic heterocycles. The third kappa shape index (κ3) is 5.33. The van der Waals surface area contributed by atoms with Gasteiger partial charge in [-0.3, -0.25) is 4.79 Å². The maximum Gasteiger partial charge on any atom is 0.225 e. The number of hydrogen-bond donors (Lipinski definition) is 1. The molecule has 0 fully saturated rings. The van der Waals surface area contributed by atoms with Crippen molar-refractivity contribution in [1.82, 2.24) is 0 Å². The van der Waals surface area contributed by atoms with Crippen LogP contribution in [-0.2, 0) is 20.4 Å². The summed E-state index contributed by atoms with van der Waals surface area (Å²) in [5, 5.41) is 2.70. The molecule has 0 aliphatic heterocycles. The SMILES string of the molecule is Cc1ccc(NC(=O)CCS(=O)(=O)Cc2ccccc2)cc1. The second-order valence-corrected chi connectivity index (χ2v) is 7.43. The molecule has 0 bridgehead atoms. The van der Waals surface area contributed by atoms with Gasteiger partial charge in [-0.25, -0.2) is 8.42 Å². The topological polar surface area (TPSA) is 63.2 Å². The minimum absolute atomic E-state index is 0.0361. The van der Waals surface area contributed by atoms with Crippen molar-refractivity contribution in [2.75, 3.05) is 11.1 Å². The van der Waals surface area contributed by atoms with Gasteiger partial charge in [-0.1, -0.05) is 48.0 Å². The van der Waals surface area contributed by atoms with Crippen LogP contribution in [0.3, 0.4) is 0 Å². The Morgan fingerprint density at radius 3 is 2.27 bits per heavy atom. The molecule has 0 saturated heterocycles. The van der Waals surface area contributed by atoms with Gasteiger partial charge in [0.2, 0.25) is 5.91 Å². The van der Waals surface area contributed by atoms with Crippen LogP contribution < -0.4 is 5.32 Å². The largest absolute Gasteiger partial charge is 0.326 e. The van der Waals surface area contributed by atoms with Gasteiger partial charge in [0.15, 0.2) is 9.84 Å². The molecular weight excluding hydrogens is 298 g/mol. The van der Waals surface area contributed by atoms with Crippen LogP contribution in [0, 0.1) is 6.92 Å². The minimum atomic E-state index is -3.29. The summed E-state index contributed by atoms with van der Waals surface area (Å²) in [6, 6.07) is 16.4. The molecule has 5 heteroatoms. The van der Waals surface area contributed by atoms with Gasteiger partial charge >= 0.3 is 0 Å². The number of hydrogen-bond acceptors (Lipinski definition) is 3. The predicted molar refractivity (Wildman–Crippen MR) is 88.4 cm³/mol. The Hall–Kier alpha value is -2.14. The number of carbonyl (C=O) groups excluding carboxylic acids is 1. The number of aryl methyl sites for hydroxylation is 1. The molecule has 0 aliphatic carbocycles. The zero-order chi connectivity index (χ0) is 16.0. The summed E-state index contributed by atoms with van der Waals surface area (Å²) in [5.41, 5.74) is 2.51. The Morgan fingerprint density at radius 2 is 1.64 bits per heavy atom. The standard InChI is InChI=1S/C17H19NO3S/c1-14-7-9-16(10-8-14)18-17(19)11-12-22(20,21)13-15-5-3-2-4-6-15/h2-10H,11-13H2,1H3,(H,18,19). The lowest BCUT2D eigenvalue weighted by molar-refractivity contribution is -0.115. The van der Waals surface area contributed by atoms with E-state index in [0.29, 0.717) is 5.69 Å². The fourth-order valence-electron chi connectivity index (χ4n) is 2.01. The van der Waals surface area contributed by atoms with Gasteiger partial charge in [0.1, 0.15) is 0 Å². The molecule has 1 amide bonds. The van der Waals surface area contributed by atoms with Gasteiger partial charge in [-0.15, -0.1) is 0 Å². The van der Waals surface area contributed by atoms with Crippen LogP contribution in [0.4, 0.5) is 5.69 Å². The van der Waals surface area contributed by atoms with Gasteiger partial charge in [0.25, 0.3) is 0 Å². The fourth-order valence-corrected chi connectivity index (χ4v) is 3.35. The highest BCUT2D eigenvalue weighted by atomic mass is 32.2. The minimum Gasteiger partial charge on any atom is -0.326 e. The lowest BCUT2D eigenvalue weighted by Crippen LogP contribution is -2.18. The molecule has 0 unspecified atom stereocenters. The van der Waals surface area contributed by atoms with E-state index in [0.717, 1.165) is 11.1 Å². The smallest absolute Gasteiger partial charge is 0.225 e. The molecule has 2 aromatic carbocycles. The van der Waals surface area contributed by atoms with Crippen molar-refractivity contribution in [1.29, 1.82) is 0 Å².